The number of ether oxygens (including phenoxy) is 2. The number of halogens is 1. The second-order valence-electron chi connectivity index (χ2n) is 6.11. The first kappa shape index (κ1) is 19.4. The van der Waals surface area contributed by atoms with Crippen molar-refractivity contribution in [3.8, 4) is 0 Å². The van der Waals surface area contributed by atoms with Crippen molar-refractivity contribution in [1.29, 1.82) is 0 Å². The van der Waals surface area contributed by atoms with E-state index in [2.05, 4.69) is 0 Å². The molecule has 142 valence electrons. The Kier molecular flexibility index (Phi) is 6.13. The summed E-state index contributed by atoms with van der Waals surface area (Å²) in [7, 11) is 1.54. The van der Waals surface area contributed by atoms with Crippen molar-refractivity contribution in [3.05, 3.63) is 65.0 Å². The number of anilines is 1. The van der Waals surface area contributed by atoms with Crippen molar-refractivity contribution in [2.75, 3.05) is 31.0 Å². The van der Waals surface area contributed by atoms with E-state index in [1.54, 1.807) is 35.2 Å². The van der Waals surface area contributed by atoms with Crippen molar-refractivity contribution in [1.82, 2.24) is 0 Å². The quantitative estimate of drug-likeness (QED) is 0.557. The van der Waals surface area contributed by atoms with E-state index in [-0.39, 0.29) is 23.7 Å². The van der Waals surface area contributed by atoms with Gasteiger partial charge in [0.2, 0.25) is 5.91 Å². The van der Waals surface area contributed by atoms with Gasteiger partial charge in [0.15, 0.2) is 0 Å². The van der Waals surface area contributed by atoms with Crippen LogP contribution in [0.25, 0.3) is 0 Å². The topological polar surface area (TPSA) is 55.8 Å². The third kappa shape index (κ3) is 4.31. The standard InChI is InChI=1S/C20H20FNO4S/c1-13-11-15(20(24)26-10-9-25-2)5-8-17(13)22-18(23)12-27-19(22)14-3-6-16(21)7-4-14/h3-8,11,19H,9-10,12H2,1-2H3. The molecule has 1 aliphatic rings. The van der Waals surface area contributed by atoms with Crippen LogP contribution in [0.2, 0.25) is 0 Å². The molecule has 1 heterocycles. The number of rotatable bonds is 6. The van der Waals surface area contributed by atoms with Gasteiger partial charge in [0, 0.05) is 12.8 Å². The van der Waals surface area contributed by atoms with Crippen molar-refractivity contribution in [2.24, 2.45) is 0 Å². The summed E-state index contributed by atoms with van der Waals surface area (Å²) in [4.78, 5) is 26.3. The third-order valence-corrected chi connectivity index (χ3v) is 5.45. The van der Waals surface area contributed by atoms with Gasteiger partial charge in [0.05, 0.1) is 17.9 Å². The van der Waals surface area contributed by atoms with Crippen molar-refractivity contribution >= 4 is 29.3 Å². The summed E-state index contributed by atoms with van der Waals surface area (Å²) in [6.45, 7) is 2.37. The Bertz CT molecular complexity index is 840. The Labute approximate surface area is 161 Å². The summed E-state index contributed by atoms with van der Waals surface area (Å²) in [6.07, 6.45) is 0. The van der Waals surface area contributed by atoms with Crippen molar-refractivity contribution in [3.63, 3.8) is 0 Å². The molecule has 2 aromatic rings. The average Bonchev–Trinajstić information content (AvgIpc) is 3.03. The predicted molar refractivity (Wildman–Crippen MR) is 102 cm³/mol. The van der Waals surface area contributed by atoms with E-state index in [0.717, 1.165) is 16.8 Å². The maximum absolute atomic E-state index is 13.2. The van der Waals surface area contributed by atoms with Gasteiger partial charge in [-0.2, -0.15) is 0 Å². The zero-order valence-electron chi connectivity index (χ0n) is 15.1. The second-order valence-corrected chi connectivity index (χ2v) is 7.18. The van der Waals surface area contributed by atoms with Gasteiger partial charge in [-0.1, -0.05) is 12.1 Å². The van der Waals surface area contributed by atoms with Gasteiger partial charge in [-0.05, 0) is 48.4 Å². The molecule has 0 aliphatic carbocycles. The second kappa shape index (κ2) is 8.54. The van der Waals surface area contributed by atoms with Gasteiger partial charge in [-0.3, -0.25) is 9.69 Å². The summed E-state index contributed by atoms with van der Waals surface area (Å²) >= 11 is 1.49. The molecule has 5 nitrogen and oxygen atoms in total. The van der Waals surface area contributed by atoms with E-state index in [4.69, 9.17) is 9.47 Å². The lowest BCUT2D eigenvalue weighted by atomic mass is 10.1. The summed E-state index contributed by atoms with van der Waals surface area (Å²) in [5.41, 5.74) is 2.80. The van der Waals surface area contributed by atoms with Crippen molar-refractivity contribution in [2.45, 2.75) is 12.3 Å². The number of aryl methyl sites for hydroxylation is 1. The fourth-order valence-electron chi connectivity index (χ4n) is 2.91. The molecule has 3 rings (SSSR count). The highest BCUT2D eigenvalue weighted by Crippen LogP contribution is 2.42. The molecule has 0 aromatic heterocycles. The summed E-state index contributed by atoms with van der Waals surface area (Å²) < 4.78 is 23.2. The molecule has 0 spiro atoms. The molecule has 0 radical (unpaired) electrons. The molecule has 2 aromatic carbocycles. The number of benzene rings is 2. The Balaban J connectivity index is 1.84. The first-order valence-corrected chi connectivity index (χ1v) is 9.52. The molecule has 1 aliphatic heterocycles. The first-order chi connectivity index (χ1) is 13.0. The Morgan fingerprint density at radius 2 is 1.96 bits per heavy atom. The fourth-order valence-corrected chi connectivity index (χ4v) is 4.08. The minimum atomic E-state index is -0.432. The number of carbonyl (C=O) groups excluding carboxylic acids is 2. The van der Waals surface area contributed by atoms with E-state index < -0.39 is 5.97 Å². The van der Waals surface area contributed by atoms with E-state index in [9.17, 15) is 14.0 Å². The van der Waals surface area contributed by atoms with Gasteiger partial charge in [-0.15, -0.1) is 11.8 Å². The van der Waals surface area contributed by atoms with Gasteiger partial charge in [-0.25, -0.2) is 9.18 Å². The highest BCUT2D eigenvalue weighted by molar-refractivity contribution is 8.00. The predicted octanol–water partition coefficient (Wildman–Crippen LogP) is 3.72. The van der Waals surface area contributed by atoms with Gasteiger partial charge >= 0.3 is 5.97 Å². The molecule has 27 heavy (non-hydrogen) atoms. The lowest BCUT2D eigenvalue weighted by molar-refractivity contribution is -0.115. The maximum Gasteiger partial charge on any atom is 0.338 e. The van der Waals surface area contributed by atoms with Crippen LogP contribution in [0.3, 0.4) is 0 Å². The van der Waals surface area contributed by atoms with Crippen LogP contribution in [0, 0.1) is 12.7 Å². The number of esters is 1. The monoisotopic (exact) mass is 389 g/mol. The normalized spacial score (nSPS) is 16.6. The van der Waals surface area contributed by atoms with E-state index in [0.29, 0.717) is 17.9 Å². The molecule has 0 bridgehead atoms. The molecule has 1 atom stereocenters. The number of carbonyl (C=O) groups is 2. The molecule has 0 saturated carbocycles. The molecule has 1 unspecified atom stereocenters. The number of amides is 1. The van der Waals surface area contributed by atoms with Crippen LogP contribution in [0.15, 0.2) is 42.5 Å². The summed E-state index contributed by atoms with van der Waals surface area (Å²) in [5, 5.41) is -0.226. The number of methoxy groups -OCH3 is 1. The van der Waals surface area contributed by atoms with Crippen LogP contribution in [-0.2, 0) is 14.3 Å². The first-order valence-electron chi connectivity index (χ1n) is 8.47. The molecule has 1 amide bonds. The van der Waals surface area contributed by atoms with Crippen LogP contribution in [0.1, 0.15) is 26.9 Å². The highest BCUT2D eigenvalue weighted by Gasteiger charge is 2.34. The molecule has 1 saturated heterocycles. The lowest BCUT2D eigenvalue weighted by Crippen LogP contribution is -2.28. The highest BCUT2D eigenvalue weighted by atomic mass is 32.2. The number of thioether (sulfide) groups is 1. The van der Waals surface area contributed by atoms with E-state index in [1.807, 2.05) is 6.92 Å². The lowest BCUT2D eigenvalue weighted by Gasteiger charge is -2.26. The van der Waals surface area contributed by atoms with Crippen LogP contribution in [0.5, 0.6) is 0 Å². The maximum atomic E-state index is 13.2. The number of hydrogen-bond donors (Lipinski definition) is 0. The minimum absolute atomic E-state index is 0.0205. The van der Waals surface area contributed by atoms with Crippen LogP contribution >= 0.6 is 11.8 Å². The van der Waals surface area contributed by atoms with Crippen molar-refractivity contribution < 1.29 is 23.5 Å². The fraction of sp³-hybridized carbons (Fsp3) is 0.300. The Hall–Kier alpha value is -2.38. The molecular formula is C20H20FNO4S. The molecular weight excluding hydrogens is 369 g/mol. The largest absolute Gasteiger partial charge is 0.460 e. The van der Waals surface area contributed by atoms with E-state index >= 15 is 0 Å². The molecule has 1 fully saturated rings. The molecule has 7 heteroatoms. The van der Waals surface area contributed by atoms with Gasteiger partial charge in [0.1, 0.15) is 17.8 Å². The van der Waals surface area contributed by atoms with Crippen LogP contribution in [0.4, 0.5) is 10.1 Å². The minimum Gasteiger partial charge on any atom is -0.460 e. The summed E-state index contributed by atoms with van der Waals surface area (Å²) in [5.74, 6) is -0.415. The molecule has 0 N–H and O–H groups in total. The number of nitrogens with zero attached hydrogens (tertiary/aromatic N) is 1. The third-order valence-electron chi connectivity index (χ3n) is 4.24. The van der Waals surface area contributed by atoms with Crippen LogP contribution < -0.4 is 4.90 Å². The SMILES string of the molecule is COCCOC(=O)c1ccc(N2C(=O)CSC2c2ccc(F)cc2)c(C)c1. The zero-order valence-corrected chi connectivity index (χ0v) is 15.9. The van der Waals surface area contributed by atoms with Gasteiger partial charge in [0.25, 0.3) is 0 Å². The van der Waals surface area contributed by atoms with E-state index in [1.165, 1.54) is 31.0 Å². The number of hydrogen-bond acceptors (Lipinski definition) is 5. The Morgan fingerprint density at radius 1 is 1.22 bits per heavy atom. The summed E-state index contributed by atoms with van der Waals surface area (Å²) in [6, 6.07) is 11.3. The Morgan fingerprint density at radius 3 is 2.63 bits per heavy atom. The smallest absolute Gasteiger partial charge is 0.338 e. The zero-order chi connectivity index (χ0) is 19.4. The van der Waals surface area contributed by atoms with Gasteiger partial charge < -0.3 is 9.47 Å². The average molecular weight is 389 g/mol. The van der Waals surface area contributed by atoms with Crippen LogP contribution in [-0.4, -0.2) is 38.0 Å².